The van der Waals surface area contributed by atoms with E-state index in [0.717, 1.165) is 0 Å². The highest BCUT2D eigenvalue weighted by Crippen LogP contribution is 2.44. The molecule has 5 nitrogen and oxygen atoms in total. The van der Waals surface area contributed by atoms with Crippen LogP contribution in [-0.2, 0) is 0 Å². The molecule has 1 aromatic heterocycles. The van der Waals surface area contributed by atoms with E-state index in [1.165, 1.54) is 18.4 Å². The maximum absolute atomic E-state index is 12.9. The molecule has 0 fully saturated rings. The topological polar surface area (TPSA) is 87.7 Å². The molecule has 2 aromatic carbocycles. The summed E-state index contributed by atoms with van der Waals surface area (Å²) in [6.45, 7) is 0. The van der Waals surface area contributed by atoms with Gasteiger partial charge >= 0.3 is 0 Å². The Bertz CT molecular complexity index is 914. The Labute approximate surface area is 136 Å². The van der Waals surface area contributed by atoms with Crippen molar-refractivity contribution in [2.75, 3.05) is 0 Å². The number of fused-ring (bicyclic) bond motifs is 2. The largest absolute Gasteiger partial charge is 0.507 e. The molecule has 2 N–H and O–H groups in total. The van der Waals surface area contributed by atoms with Gasteiger partial charge in [-0.05, 0) is 35.4 Å². The molecule has 5 heteroatoms. The normalized spacial score (nSPS) is 13.4. The quantitative estimate of drug-likeness (QED) is 0.708. The first kappa shape index (κ1) is 14.3. The minimum atomic E-state index is -0.835. The summed E-state index contributed by atoms with van der Waals surface area (Å²) in [7, 11) is 0. The number of benzene rings is 2. The van der Waals surface area contributed by atoms with Crippen molar-refractivity contribution in [1.82, 2.24) is 0 Å². The molecule has 118 valence electrons. The van der Waals surface area contributed by atoms with E-state index in [1.807, 2.05) is 0 Å². The predicted octanol–water partition coefficient (Wildman–Crippen LogP) is 3.25. The molecule has 0 amide bonds. The molecule has 0 saturated heterocycles. The van der Waals surface area contributed by atoms with Crippen molar-refractivity contribution < 1.29 is 24.2 Å². The van der Waals surface area contributed by atoms with Crippen LogP contribution in [0.2, 0.25) is 0 Å². The maximum Gasteiger partial charge on any atom is 0.209 e. The van der Waals surface area contributed by atoms with Gasteiger partial charge in [-0.3, -0.25) is 9.59 Å². The van der Waals surface area contributed by atoms with Crippen LogP contribution < -0.4 is 0 Å². The van der Waals surface area contributed by atoms with Crippen LogP contribution in [0.1, 0.15) is 43.5 Å². The third-order valence-electron chi connectivity index (χ3n) is 4.25. The molecule has 4 rings (SSSR count). The van der Waals surface area contributed by atoms with Gasteiger partial charge in [0.25, 0.3) is 0 Å². The highest BCUT2D eigenvalue weighted by Gasteiger charge is 2.39. The van der Waals surface area contributed by atoms with Crippen LogP contribution in [0.3, 0.4) is 0 Å². The molecule has 0 spiro atoms. The van der Waals surface area contributed by atoms with E-state index in [4.69, 9.17) is 4.42 Å². The molecular weight excluding hydrogens is 308 g/mol. The molecule has 1 aliphatic rings. The molecule has 0 bridgehead atoms. The second-order valence-corrected chi connectivity index (χ2v) is 5.59. The van der Waals surface area contributed by atoms with Gasteiger partial charge in [0.05, 0.1) is 23.3 Å². The molecular formula is C19H12O5. The van der Waals surface area contributed by atoms with Crippen molar-refractivity contribution in [2.24, 2.45) is 0 Å². The first-order valence-electron chi connectivity index (χ1n) is 7.35. The molecule has 0 saturated carbocycles. The van der Waals surface area contributed by atoms with Gasteiger partial charge in [0, 0.05) is 0 Å². The first-order chi connectivity index (χ1) is 11.6. The van der Waals surface area contributed by atoms with E-state index >= 15 is 0 Å². The zero-order valence-electron chi connectivity index (χ0n) is 12.4. The number of rotatable bonds is 2. The first-order valence-corrected chi connectivity index (χ1v) is 7.35. The average Bonchev–Trinajstić information content (AvgIpc) is 3.09. The fourth-order valence-corrected chi connectivity index (χ4v) is 3.23. The van der Waals surface area contributed by atoms with Gasteiger partial charge in [0.2, 0.25) is 11.6 Å². The van der Waals surface area contributed by atoms with Gasteiger partial charge in [0.1, 0.15) is 11.5 Å². The molecule has 24 heavy (non-hydrogen) atoms. The molecule has 3 aromatic rings. The van der Waals surface area contributed by atoms with Crippen molar-refractivity contribution in [2.45, 2.75) is 5.92 Å². The molecule has 0 atom stereocenters. The number of furan rings is 1. The molecule has 1 heterocycles. The number of carbonyl (C=O) groups excluding carboxylic acids is 2. The number of hydrogen-bond acceptors (Lipinski definition) is 5. The molecule has 0 unspecified atom stereocenters. The van der Waals surface area contributed by atoms with Gasteiger partial charge in [-0.25, -0.2) is 0 Å². The van der Waals surface area contributed by atoms with Crippen molar-refractivity contribution in [3.05, 3.63) is 82.8 Å². The Kier molecular flexibility index (Phi) is 3.03. The maximum atomic E-state index is 12.9. The summed E-state index contributed by atoms with van der Waals surface area (Å²) in [5.74, 6) is -1.96. The van der Waals surface area contributed by atoms with Crippen molar-refractivity contribution in [3.8, 4) is 11.5 Å². The van der Waals surface area contributed by atoms with Crippen LogP contribution in [0.15, 0.2) is 59.2 Å². The number of ketones is 2. The van der Waals surface area contributed by atoms with Crippen LogP contribution in [0, 0.1) is 0 Å². The van der Waals surface area contributed by atoms with E-state index in [2.05, 4.69) is 0 Å². The summed E-state index contributed by atoms with van der Waals surface area (Å²) < 4.78 is 5.21. The Hall–Kier alpha value is -3.34. The SMILES string of the molecule is O=C1c2c(O)cccc2C(C(=O)c2ccco2)c2cccc(O)c21. The van der Waals surface area contributed by atoms with Gasteiger partial charge in [-0.15, -0.1) is 0 Å². The fraction of sp³-hybridized carbons (Fsp3) is 0.0526. The zero-order chi connectivity index (χ0) is 16.8. The summed E-state index contributed by atoms with van der Waals surface area (Å²) in [6.07, 6.45) is 1.40. The average molecular weight is 320 g/mol. The summed E-state index contributed by atoms with van der Waals surface area (Å²) in [6, 6.07) is 12.3. The van der Waals surface area contributed by atoms with E-state index in [1.54, 1.807) is 36.4 Å². The Morgan fingerprint density at radius 1 is 0.875 bits per heavy atom. The van der Waals surface area contributed by atoms with Crippen LogP contribution in [0.25, 0.3) is 0 Å². The highest BCUT2D eigenvalue weighted by molar-refractivity contribution is 6.19. The molecule has 1 aliphatic carbocycles. The number of phenolic OH excluding ortho intramolecular Hbond substituents is 2. The third-order valence-corrected chi connectivity index (χ3v) is 4.25. The van der Waals surface area contributed by atoms with Crippen molar-refractivity contribution in [3.63, 3.8) is 0 Å². The predicted molar refractivity (Wildman–Crippen MR) is 84.5 cm³/mol. The van der Waals surface area contributed by atoms with E-state index < -0.39 is 11.7 Å². The van der Waals surface area contributed by atoms with Crippen molar-refractivity contribution in [1.29, 1.82) is 0 Å². The lowest BCUT2D eigenvalue weighted by Crippen LogP contribution is -2.25. The number of phenols is 2. The summed E-state index contributed by atoms with van der Waals surface area (Å²) >= 11 is 0. The van der Waals surface area contributed by atoms with Crippen LogP contribution >= 0.6 is 0 Å². The van der Waals surface area contributed by atoms with Crippen LogP contribution in [0.4, 0.5) is 0 Å². The number of Topliss-reactive ketones (excluding diaryl/α,β-unsaturated/α-hetero) is 1. The lowest BCUT2D eigenvalue weighted by atomic mass is 9.74. The van der Waals surface area contributed by atoms with Gasteiger partial charge in [-0.2, -0.15) is 0 Å². The minimum absolute atomic E-state index is 0.0383. The Balaban J connectivity index is 2.03. The number of hydrogen-bond donors (Lipinski definition) is 2. The second-order valence-electron chi connectivity index (χ2n) is 5.59. The third kappa shape index (κ3) is 1.88. The van der Waals surface area contributed by atoms with E-state index in [0.29, 0.717) is 11.1 Å². The summed E-state index contributed by atoms with van der Waals surface area (Å²) in [5, 5.41) is 20.3. The van der Waals surface area contributed by atoms with Gasteiger partial charge < -0.3 is 14.6 Å². The molecule has 0 radical (unpaired) electrons. The second kappa shape index (κ2) is 5.09. The standard InChI is InChI=1S/C19H12O5/c20-12-6-1-4-10-15(18(22)14-8-3-9-24-14)11-5-2-7-13(21)17(11)19(23)16(10)12/h1-9,15,20-21H. The lowest BCUT2D eigenvalue weighted by Gasteiger charge is -2.26. The fourth-order valence-electron chi connectivity index (χ4n) is 3.23. The van der Waals surface area contributed by atoms with E-state index in [9.17, 15) is 19.8 Å². The molecule has 0 aliphatic heterocycles. The number of aromatic hydroxyl groups is 2. The lowest BCUT2D eigenvalue weighted by molar-refractivity contribution is 0.0941. The Morgan fingerprint density at radius 3 is 1.96 bits per heavy atom. The van der Waals surface area contributed by atoms with Gasteiger partial charge in [0.15, 0.2) is 5.76 Å². The highest BCUT2D eigenvalue weighted by atomic mass is 16.3. The smallest absolute Gasteiger partial charge is 0.209 e. The minimum Gasteiger partial charge on any atom is -0.507 e. The summed E-state index contributed by atoms with van der Waals surface area (Å²) in [5.41, 5.74) is 0.881. The Morgan fingerprint density at radius 2 is 1.46 bits per heavy atom. The van der Waals surface area contributed by atoms with E-state index in [-0.39, 0.29) is 34.2 Å². The monoisotopic (exact) mass is 320 g/mol. The van der Waals surface area contributed by atoms with Crippen LogP contribution in [0.5, 0.6) is 11.5 Å². The van der Waals surface area contributed by atoms with Gasteiger partial charge in [-0.1, -0.05) is 24.3 Å². The zero-order valence-corrected chi connectivity index (χ0v) is 12.4. The van der Waals surface area contributed by atoms with Crippen LogP contribution in [-0.4, -0.2) is 21.8 Å². The summed E-state index contributed by atoms with van der Waals surface area (Å²) in [4.78, 5) is 25.7. The van der Waals surface area contributed by atoms with Crippen molar-refractivity contribution >= 4 is 11.6 Å². The number of carbonyl (C=O) groups is 2.